The summed E-state index contributed by atoms with van der Waals surface area (Å²) < 4.78 is 9.53. The summed E-state index contributed by atoms with van der Waals surface area (Å²) >= 11 is 6.84. The number of rotatable bonds is 7. The van der Waals surface area contributed by atoms with Crippen molar-refractivity contribution in [2.45, 2.75) is 39.3 Å². The molecule has 0 aliphatic heterocycles. The van der Waals surface area contributed by atoms with E-state index in [1.54, 1.807) is 36.4 Å². The van der Waals surface area contributed by atoms with Crippen LogP contribution in [0.4, 0.5) is 11.4 Å². The van der Waals surface area contributed by atoms with Gasteiger partial charge >= 0.3 is 0 Å². The first-order chi connectivity index (χ1) is 16.8. The monoisotopic (exact) mass is 529 g/mol. The van der Waals surface area contributed by atoms with Gasteiger partial charge in [-0.25, -0.2) is 0 Å². The van der Waals surface area contributed by atoms with E-state index in [0.717, 1.165) is 17.1 Å². The number of anilines is 2. The lowest BCUT2D eigenvalue weighted by Crippen LogP contribution is -2.49. The molecule has 1 atom stereocenters. The number of methoxy groups -OCH3 is 1. The van der Waals surface area contributed by atoms with E-state index in [0.29, 0.717) is 22.0 Å². The first-order valence-corrected chi connectivity index (χ1v) is 12.1. The molecule has 36 heavy (non-hydrogen) atoms. The van der Waals surface area contributed by atoms with Gasteiger partial charge in [0.15, 0.2) is 5.69 Å². The van der Waals surface area contributed by atoms with Crippen LogP contribution in [0, 0.1) is 6.92 Å². The summed E-state index contributed by atoms with van der Waals surface area (Å²) in [7, 11) is 1.47. The van der Waals surface area contributed by atoms with Gasteiger partial charge in [0.05, 0.1) is 18.5 Å². The molecule has 3 rings (SSSR count). The Kier molecular flexibility index (Phi) is 7.90. The van der Waals surface area contributed by atoms with E-state index in [1.165, 1.54) is 12.0 Å². The Balaban J connectivity index is 2.32. The van der Waals surface area contributed by atoms with Crippen molar-refractivity contribution in [2.75, 3.05) is 17.7 Å². The van der Waals surface area contributed by atoms with Crippen LogP contribution in [0.1, 0.15) is 58.1 Å². The zero-order valence-corrected chi connectivity index (χ0v) is 22.2. The highest BCUT2D eigenvalue weighted by Gasteiger charge is 2.38. The van der Waals surface area contributed by atoms with Crippen LogP contribution < -0.4 is 26.4 Å². The van der Waals surface area contributed by atoms with Crippen molar-refractivity contribution < 1.29 is 19.1 Å². The second-order valence-electron chi connectivity index (χ2n) is 9.18. The maximum absolute atomic E-state index is 14.1. The smallest absolute Gasteiger partial charge is 0.273 e. The van der Waals surface area contributed by atoms with Gasteiger partial charge in [0.1, 0.15) is 16.7 Å². The van der Waals surface area contributed by atoms with E-state index in [1.807, 2.05) is 33.8 Å². The summed E-state index contributed by atoms with van der Waals surface area (Å²) in [4.78, 5) is 40.9. The quantitative estimate of drug-likeness (QED) is 0.421. The molecule has 3 amide bonds. The predicted octanol–water partition coefficient (Wildman–Crippen LogP) is 4.10. The number of carbonyl (C=O) groups is 3. The molecule has 190 valence electrons. The van der Waals surface area contributed by atoms with Gasteiger partial charge in [-0.3, -0.25) is 19.3 Å². The molecular formula is C25H28ClN5O4S. The third kappa shape index (κ3) is 5.77. The van der Waals surface area contributed by atoms with Crippen LogP contribution >= 0.6 is 23.1 Å². The lowest BCUT2D eigenvalue weighted by atomic mass is 10.00. The number of hydrogen-bond donors (Lipinski definition) is 3. The molecule has 5 N–H and O–H groups in total. The Hall–Kier alpha value is -3.63. The molecule has 0 aliphatic rings. The van der Waals surface area contributed by atoms with E-state index in [9.17, 15) is 14.4 Å². The summed E-state index contributed by atoms with van der Waals surface area (Å²) in [5, 5.41) is 3.42. The zero-order valence-electron chi connectivity index (χ0n) is 20.6. The van der Waals surface area contributed by atoms with Gasteiger partial charge in [-0.15, -0.1) is 0 Å². The minimum absolute atomic E-state index is 0.0325. The largest absolute Gasteiger partial charge is 0.495 e. The molecule has 3 aromatic rings. The number of carbonyl (C=O) groups excluding carboxylic acids is 3. The highest BCUT2D eigenvalue weighted by Crippen LogP contribution is 2.39. The fourth-order valence-electron chi connectivity index (χ4n) is 3.59. The minimum atomic E-state index is -1.15. The lowest BCUT2D eigenvalue weighted by Gasteiger charge is -2.34. The van der Waals surface area contributed by atoms with E-state index < -0.39 is 29.3 Å². The van der Waals surface area contributed by atoms with Gasteiger partial charge < -0.3 is 21.5 Å². The highest BCUT2D eigenvalue weighted by molar-refractivity contribution is 7.09. The molecule has 0 bridgehead atoms. The van der Waals surface area contributed by atoms with Gasteiger partial charge in [0.2, 0.25) is 5.91 Å². The molecule has 0 radical (unpaired) electrons. The average molecular weight is 530 g/mol. The average Bonchev–Trinajstić information content (AvgIpc) is 3.18. The molecule has 0 saturated carbocycles. The van der Waals surface area contributed by atoms with Crippen molar-refractivity contribution in [3.63, 3.8) is 0 Å². The zero-order chi connectivity index (χ0) is 26.8. The van der Waals surface area contributed by atoms with Crippen molar-refractivity contribution in [1.29, 1.82) is 0 Å². The minimum Gasteiger partial charge on any atom is -0.495 e. The number of nitrogens with two attached hydrogens (primary N) is 2. The molecular weight excluding hydrogens is 502 g/mol. The van der Waals surface area contributed by atoms with Crippen LogP contribution in [0.15, 0.2) is 42.5 Å². The van der Waals surface area contributed by atoms with Crippen molar-refractivity contribution >= 4 is 52.2 Å². The van der Waals surface area contributed by atoms with E-state index >= 15 is 0 Å². The maximum Gasteiger partial charge on any atom is 0.273 e. The van der Waals surface area contributed by atoms with Crippen LogP contribution in [0.5, 0.6) is 5.75 Å². The number of nitrogen functional groups attached to an aromatic ring is 1. The second-order valence-corrected chi connectivity index (χ2v) is 10.4. The highest BCUT2D eigenvalue weighted by atomic mass is 35.5. The van der Waals surface area contributed by atoms with Crippen molar-refractivity contribution in [1.82, 2.24) is 9.69 Å². The van der Waals surface area contributed by atoms with Gasteiger partial charge in [0.25, 0.3) is 11.8 Å². The second kappa shape index (κ2) is 10.5. The van der Waals surface area contributed by atoms with Gasteiger partial charge in [-0.05, 0) is 74.6 Å². The van der Waals surface area contributed by atoms with Crippen LogP contribution in [0.25, 0.3) is 0 Å². The number of primary amides is 1. The molecule has 0 aliphatic carbocycles. The molecule has 0 saturated heterocycles. The van der Waals surface area contributed by atoms with Crippen LogP contribution in [0.2, 0.25) is 5.02 Å². The maximum atomic E-state index is 14.1. The van der Waals surface area contributed by atoms with E-state index in [2.05, 4.69) is 9.69 Å². The molecule has 11 heteroatoms. The third-order valence-electron chi connectivity index (χ3n) is 5.16. The first-order valence-electron chi connectivity index (χ1n) is 10.9. The molecule has 2 aromatic carbocycles. The Morgan fingerprint density at radius 1 is 1.14 bits per heavy atom. The number of aryl methyl sites for hydroxylation is 1. The fourth-order valence-corrected chi connectivity index (χ4v) is 4.46. The Bertz CT molecular complexity index is 1300. The Morgan fingerprint density at radius 3 is 2.31 bits per heavy atom. The first kappa shape index (κ1) is 27.0. The van der Waals surface area contributed by atoms with Crippen LogP contribution in [-0.4, -0.2) is 34.7 Å². The summed E-state index contributed by atoms with van der Waals surface area (Å²) in [6.45, 7) is 7.36. The number of halogens is 1. The molecule has 0 fully saturated rings. The summed E-state index contributed by atoms with van der Waals surface area (Å²) in [6.07, 6.45) is 0. The molecule has 0 spiro atoms. The Labute approximate surface area is 218 Å². The number of amides is 3. The van der Waals surface area contributed by atoms with Gasteiger partial charge in [-0.2, -0.15) is 4.37 Å². The number of ether oxygens (including phenoxy) is 1. The number of nitrogens with one attached hydrogen (secondary N) is 1. The molecule has 1 aromatic heterocycles. The van der Waals surface area contributed by atoms with Gasteiger partial charge in [-0.1, -0.05) is 29.8 Å². The molecule has 9 nitrogen and oxygen atoms in total. The van der Waals surface area contributed by atoms with E-state index in [4.69, 9.17) is 27.8 Å². The van der Waals surface area contributed by atoms with E-state index in [-0.39, 0.29) is 16.3 Å². The van der Waals surface area contributed by atoms with Crippen LogP contribution in [0.3, 0.4) is 0 Å². The number of hydrogen-bond acceptors (Lipinski definition) is 7. The van der Waals surface area contributed by atoms with Crippen molar-refractivity contribution in [3.8, 4) is 5.75 Å². The lowest BCUT2D eigenvalue weighted by molar-refractivity contribution is -0.123. The van der Waals surface area contributed by atoms with Crippen molar-refractivity contribution in [3.05, 3.63) is 69.2 Å². The Morgan fingerprint density at radius 2 is 1.78 bits per heavy atom. The standard InChI is InChI=1S/C25H28ClN5O4S/c1-13-6-11-17(35-5)16(12-13)31(24(34)21-18(27)19(22(28)32)30-36-21)20(23(33)29-25(2,3)4)14-7-9-15(26)10-8-14/h6-12,20H,27H2,1-5H3,(H2,28,32)(H,29,33). The molecule has 1 heterocycles. The summed E-state index contributed by atoms with van der Waals surface area (Å²) in [6, 6.07) is 10.7. The molecule has 1 unspecified atom stereocenters. The summed E-state index contributed by atoms with van der Waals surface area (Å²) in [5.41, 5.74) is 12.2. The normalized spacial score (nSPS) is 12.1. The van der Waals surface area contributed by atoms with Gasteiger partial charge in [0, 0.05) is 10.6 Å². The topological polar surface area (TPSA) is 141 Å². The predicted molar refractivity (Wildman–Crippen MR) is 142 cm³/mol. The fraction of sp³-hybridized carbons (Fsp3) is 0.280. The third-order valence-corrected chi connectivity index (χ3v) is 6.26. The number of nitrogens with zero attached hydrogens (tertiary/aromatic N) is 2. The van der Waals surface area contributed by atoms with Crippen molar-refractivity contribution in [2.24, 2.45) is 5.73 Å². The SMILES string of the molecule is COc1ccc(C)cc1N(C(=O)c1snc(C(N)=O)c1N)C(C(=O)NC(C)(C)C)c1ccc(Cl)cc1. The number of aromatic nitrogens is 1. The summed E-state index contributed by atoms with van der Waals surface area (Å²) in [5.74, 6) is -1.60. The number of benzene rings is 2. The van der Waals surface area contributed by atoms with Crippen LogP contribution in [-0.2, 0) is 4.79 Å².